The molecule has 0 atom stereocenters. The molecule has 3 aromatic heterocycles. The summed E-state index contributed by atoms with van der Waals surface area (Å²) in [4.78, 5) is 26.3. The Morgan fingerprint density at radius 3 is 2.68 bits per heavy atom. The number of amides is 1. The summed E-state index contributed by atoms with van der Waals surface area (Å²) in [6, 6.07) is 14.9. The van der Waals surface area contributed by atoms with Gasteiger partial charge in [0.1, 0.15) is 5.82 Å². The minimum absolute atomic E-state index is 0.265. The molecular weight excluding hydrogens is 352 g/mol. The molecule has 0 radical (unpaired) electrons. The Hall–Kier alpha value is -3.61. The first kappa shape index (κ1) is 17.8. The van der Waals surface area contributed by atoms with Crippen molar-refractivity contribution in [1.29, 1.82) is 0 Å². The molecule has 0 spiro atoms. The molecule has 140 valence electrons. The molecule has 3 heterocycles. The third-order valence-corrected chi connectivity index (χ3v) is 4.25. The van der Waals surface area contributed by atoms with Gasteiger partial charge in [-0.25, -0.2) is 4.98 Å². The zero-order valence-corrected chi connectivity index (χ0v) is 15.7. The molecule has 0 aliphatic heterocycles. The number of pyridine rings is 2. The van der Waals surface area contributed by atoms with Gasteiger partial charge in [0, 0.05) is 18.0 Å². The fourth-order valence-corrected chi connectivity index (χ4v) is 3.01. The lowest BCUT2D eigenvalue weighted by atomic mass is 10.1. The van der Waals surface area contributed by atoms with E-state index in [1.807, 2.05) is 42.5 Å². The maximum Gasteiger partial charge on any atom is 0.258 e. The van der Waals surface area contributed by atoms with Crippen molar-refractivity contribution in [3.8, 4) is 11.4 Å². The average Bonchev–Trinajstić information content (AvgIpc) is 3.13. The van der Waals surface area contributed by atoms with Crippen LogP contribution in [0, 0.1) is 5.92 Å². The average molecular weight is 372 g/mol. The summed E-state index contributed by atoms with van der Waals surface area (Å²) in [5, 5.41) is 10.5. The van der Waals surface area contributed by atoms with Crippen LogP contribution in [0.4, 0.5) is 5.95 Å². The lowest BCUT2D eigenvalue weighted by Gasteiger charge is -2.09. The number of fused-ring (bicyclic) bond motifs is 1. The lowest BCUT2D eigenvalue weighted by Crippen LogP contribution is -2.14. The number of nitrogens with zero attached hydrogens (tertiary/aromatic N) is 4. The number of benzene rings is 1. The number of carbonyl (C=O) groups excluding carboxylic acids is 1. The smallest absolute Gasteiger partial charge is 0.258 e. The van der Waals surface area contributed by atoms with Crippen molar-refractivity contribution in [2.45, 2.75) is 20.3 Å². The first-order valence-electron chi connectivity index (χ1n) is 9.14. The lowest BCUT2D eigenvalue weighted by molar-refractivity contribution is 0.102. The van der Waals surface area contributed by atoms with Crippen LogP contribution in [0.15, 0.2) is 54.7 Å². The second kappa shape index (κ2) is 7.56. The van der Waals surface area contributed by atoms with Crippen LogP contribution in [-0.2, 0) is 6.42 Å². The van der Waals surface area contributed by atoms with Crippen LogP contribution < -0.4 is 5.32 Å². The van der Waals surface area contributed by atoms with Crippen LogP contribution in [0.25, 0.3) is 22.3 Å². The van der Waals surface area contributed by atoms with E-state index in [2.05, 4.69) is 44.3 Å². The summed E-state index contributed by atoms with van der Waals surface area (Å²) in [6.07, 6.45) is 2.47. The van der Waals surface area contributed by atoms with Crippen LogP contribution in [0.2, 0.25) is 0 Å². The van der Waals surface area contributed by atoms with Gasteiger partial charge >= 0.3 is 0 Å². The number of hydrogen-bond donors (Lipinski definition) is 2. The molecule has 2 N–H and O–H groups in total. The van der Waals surface area contributed by atoms with E-state index in [4.69, 9.17) is 0 Å². The first-order chi connectivity index (χ1) is 13.6. The Labute approximate surface area is 162 Å². The summed E-state index contributed by atoms with van der Waals surface area (Å²) < 4.78 is 0. The van der Waals surface area contributed by atoms with Gasteiger partial charge in [-0.2, -0.15) is 4.98 Å². The molecule has 4 rings (SSSR count). The number of H-pyrrole nitrogens is 1. The zero-order valence-electron chi connectivity index (χ0n) is 15.7. The van der Waals surface area contributed by atoms with Crippen LogP contribution in [0.3, 0.4) is 0 Å². The van der Waals surface area contributed by atoms with Gasteiger partial charge in [-0.3, -0.25) is 20.2 Å². The first-order valence-corrected chi connectivity index (χ1v) is 9.14. The second-order valence-corrected chi connectivity index (χ2v) is 6.94. The van der Waals surface area contributed by atoms with E-state index in [0.29, 0.717) is 22.9 Å². The highest BCUT2D eigenvalue weighted by molar-refractivity contribution is 6.12. The second-order valence-electron chi connectivity index (χ2n) is 6.94. The minimum Gasteiger partial charge on any atom is -0.289 e. The molecule has 7 heteroatoms. The Balaban J connectivity index is 1.70. The van der Waals surface area contributed by atoms with Crippen LogP contribution >= 0.6 is 0 Å². The molecule has 1 amide bonds. The molecule has 0 bridgehead atoms. The zero-order chi connectivity index (χ0) is 19.5. The van der Waals surface area contributed by atoms with Gasteiger partial charge in [0.15, 0.2) is 0 Å². The molecule has 1 aromatic carbocycles. The predicted molar refractivity (Wildman–Crippen MR) is 108 cm³/mol. The number of rotatable bonds is 5. The predicted octanol–water partition coefficient (Wildman–Crippen LogP) is 3.87. The molecular formula is C21H20N6O. The van der Waals surface area contributed by atoms with E-state index in [1.54, 1.807) is 12.3 Å². The summed E-state index contributed by atoms with van der Waals surface area (Å²) in [5.41, 5.74) is 2.58. The monoisotopic (exact) mass is 372 g/mol. The third kappa shape index (κ3) is 3.73. The highest BCUT2D eigenvalue weighted by atomic mass is 16.1. The number of anilines is 1. The number of hydrogen-bond acceptors (Lipinski definition) is 5. The Bertz CT molecular complexity index is 1120. The fraction of sp³-hybridized carbons (Fsp3) is 0.190. The van der Waals surface area contributed by atoms with E-state index >= 15 is 0 Å². The van der Waals surface area contributed by atoms with Gasteiger partial charge in [0.2, 0.25) is 5.95 Å². The minimum atomic E-state index is -0.286. The number of aromatic amines is 1. The fourth-order valence-electron chi connectivity index (χ4n) is 3.01. The molecule has 0 saturated heterocycles. The molecule has 0 unspecified atom stereocenters. The van der Waals surface area contributed by atoms with E-state index < -0.39 is 0 Å². The molecule has 4 aromatic rings. The largest absolute Gasteiger partial charge is 0.289 e. The van der Waals surface area contributed by atoms with Crippen LogP contribution in [-0.4, -0.2) is 31.1 Å². The molecule has 7 nitrogen and oxygen atoms in total. The number of para-hydroxylation sites is 1. The third-order valence-electron chi connectivity index (χ3n) is 4.25. The topological polar surface area (TPSA) is 96.5 Å². The van der Waals surface area contributed by atoms with Gasteiger partial charge in [-0.15, -0.1) is 5.10 Å². The summed E-state index contributed by atoms with van der Waals surface area (Å²) in [7, 11) is 0. The summed E-state index contributed by atoms with van der Waals surface area (Å²) in [6.45, 7) is 4.20. The van der Waals surface area contributed by atoms with Gasteiger partial charge in [0.05, 0.1) is 22.5 Å². The maximum absolute atomic E-state index is 13.0. The van der Waals surface area contributed by atoms with Crippen molar-refractivity contribution >= 4 is 22.8 Å². The Morgan fingerprint density at radius 1 is 1.07 bits per heavy atom. The van der Waals surface area contributed by atoms with Crippen molar-refractivity contribution in [3.63, 3.8) is 0 Å². The number of nitrogens with one attached hydrogen (secondary N) is 2. The van der Waals surface area contributed by atoms with Crippen molar-refractivity contribution < 1.29 is 4.79 Å². The molecule has 0 saturated carbocycles. The van der Waals surface area contributed by atoms with E-state index in [1.165, 1.54) is 0 Å². The van der Waals surface area contributed by atoms with E-state index in [-0.39, 0.29) is 11.9 Å². The molecule has 0 fully saturated rings. The molecule has 0 aliphatic carbocycles. The summed E-state index contributed by atoms with van der Waals surface area (Å²) >= 11 is 0. The summed E-state index contributed by atoms with van der Waals surface area (Å²) in [5.74, 6) is 1.17. The Morgan fingerprint density at radius 2 is 1.89 bits per heavy atom. The molecule has 28 heavy (non-hydrogen) atoms. The molecule has 0 aliphatic rings. The number of aromatic nitrogens is 5. The standard InChI is InChI=1S/C21H20N6O/c1-13(2)11-19-24-21(27-26-19)25-20(28)15-12-18(17-9-5-6-10-22-17)23-16-8-4-3-7-14(15)16/h3-10,12-13H,11H2,1-2H3,(H2,24,25,26,27,28). The highest BCUT2D eigenvalue weighted by Gasteiger charge is 2.16. The normalized spacial score (nSPS) is 11.1. The van der Waals surface area contributed by atoms with E-state index in [9.17, 15) is 4.79 Å². The van der Waals surface area contributed by atoms with Crippen LogP contribution in [0.1, 0.15) is 30.0 Å². The van der Waals surface area contributed by atoms with Crippen LogP contribution in [0.5, 0.6) is 0 Å². The van der Waals surface area contributed by atoms with Crippen molar-refractivity contribution in [2.24, 2.45) is 5.92 Å². The van der Waals surface area contributed by atoms with Gasteiger partial charge in [0.25, 0.3) is 5.91 Å². The van der Waals surface area contributed by atoms with Crippen molar-refractivity contribution in [3.05, 3.63) is 66.1 Å². The maximum atomic E-state index is 13.0. The van der Waals surface area contributed by atoms with Gasteiger partial charge < -0.3 is 0 Å². The van der Waals surface area contributed by atoms with Crippen molar-refractivity contribution in [1.82, 2.24) is 25.1 Å². The van der Waals surface area contributed by atoms with Gasteiger partial charge in [-0.1, -0.05) is 38.1 Å². The Kier molecular flexibility index (Phi) is 4.80. The highest BCUT2D eigenvalue weighted by Crippen LogP contribution is 2.24. The van der Waals surface area contributed by atoms with Crippen molar-refractivity contribution in [2.75, 3.05) is 5.32 Å². The quantitative estimate of drug-likeness (QED) is 0.554. The SMILES string of the molecule is CC(C)Cc1nc(NC(=O)c2cc(-c3ccccn3)nc3ccccc23)n[nH]1. The van der Waals surface area contributed by atoms with E-state index in [0.717, 1.165) is 23.1 Å². The number of carbonyl (C=O) groups is 1. The van der Waals surface area contributed by atoms with Gasteiger partial charge in [-0.05, 0) is 30.2 Å².